The van der Waals surface area contributed by atoms with Crippen LogP contribution in [0.4, 0.5) is 5.82 Å². The summed E-state index contributed by atoms with van der Waals surface area (Å²) in [6.45, 7) is 3.20. The second-order valence-electron chi connectivity index (χ2n) is 4.42. The predicted molar refractivity (Wildman–Crippen MR) is 69.6 cm³/mol. The molecule has 1 fully saturated rings. The number of hydrogen-bond donors (Lipinski definition) is 1. The van der Waals surface area contributed by atoms with Gasteiger partial charge in [0.05, 0.1) is 0 Å². The molecule has 3 nitrogen and oxygen atoms in total. The lowest BCUT2D eigenvalue weighted by Crippen LogP contribution is -2.21. The average Bonchev–Trinajstić information content (AvgIpc) is 2.14. The molecule has 0 atom stereocenters. The zero-order chi connectivity index (χ0) is 11.4. The maximum Gasteiger partial charge on any atom is 0.132 e. The smallest absolute Gasteiger partial charge is 0.132 e. The van der Waals surface area contributed by atoms with Crippen molar-refractivity contribution in [2.45, 2.75) is 39.0 Å². The van der Waals surface area contributed by atoms with E-state index in [0.29, 0.717) is 0 Å². The first-order valence-corrected chi connectivity index (χ1v) is 6.84. The van der Waals surface area contributed by atoms with Gasteiger partial charge < -0.3 is 5.32 Å². The second kappa shape index (κ2) is 5.62. The number of aromatic nitrogens is 2. The zero-order valence-electron chi connectivity index (χ0n) is 9.67. The van der Waals surface area contributed by atoms with Crippen LogP contribution in [0.1, 0.15) is 38.4 Å². The van der Waals surface area contributed by atoms with Crippen LogP contribution >= 0.6 is 15.9 Å². The molecular weight excluding hydrogens is 266 g/mol. The number of nitrogens with one attached hydrogen (secondary N) is 1. The van der Waals surface area contributed by atoms with Gasteiger partial charge in [0, 0.05) is 19.0 Å². The van der Waals surface area contributed by atoms with Crippen molar-refractivity contribution in [1.29, 1.82) is 0 Å². The SMILES string of the molecule is CCCc1nc(Br)cc(NCC2CCC2)n1. The Bertz CT molecular complexity index is 350. The van der Waals surface area contributed by atoms with Crippen LogP contribution < -0.4 is 5.32 Å². The molecular formula is C12H18BrN3. The van der Waals surface area contributed by atoms with E-state index in [-0.39, 0.29) is 0 Å². The first-order chi connectivity index (χ1) is 7.78. The number of anilines is 1. The van der Waals surface area contributed by atoms with Crippen molar-refractivity contribution < 1.29 is 0 Å². The standard InChI is InChI=1S/C12H18BrN3/c1-2-4-11-15-10(13)7-12(16-11)14-8-9-5-3-6-9/h7,9H,2-6,8H2,1H3,(H,14,15,16). The van der Waals surface area contributed by atoms with E-state index in [4.69, 9.17) is 0 Å². The Morgan fingerprint density at radius 3 is 2.88 bits per heavy atom. The van der Waals surface area contributed by atoms with Crippen molar-refractivity contribution in [2.75, 3.05) is 11.9 Å². The number of rotatable bonds is 5. The average molecular weight is 284 g/mol. The first kappa shape index (κ1) is 11.8. The molecule has 1 aromatic heterocycles. The molecule has 0 amide bonds. The predicted octanol–water partition coefficient (Wildman–Crippen LogP) is 3.40. The lowest BCUT2D eigenvalue weighted by molar-refractivity contribution is 0.333. The molecule has 4 heteroatoms. The second-order valence-corrected chi connectivity index (χ2v) is 5.23. The molecule has 1 aromatic rings. The third-order valence-corrected chi connectivity index (χ3v) is 3.42. The molecule has 0 saturated heterocycles. The largest absolute Gasteiger partial charge is 0.370 e. The Kier molecular flexibility index (Phi) is 4.16. The van der Waals surface area contributed by atoms with Crippen LogP contribution in [0.15, 0.2) is 10.7 Å². The minimum atomic E-state index is 0.850. The number of halogens is 1. The van der Waals surface area contributed by atoms with Gasteiger partial charge in [0.1, 0.15) is 16.2 Å². The molecule has 1 N–H and O–H groups in total. The van der Waals surface area contributed by atoms with E-state index in [1.165, 1.54) is 19.3 Å². The molecule has 1 aliphatic rings. The molecule has 2 rings (SSSR count). The molecule has 1 saturated carbocycles. The summed E-state index contributed by atoms with van der Waals surface area (Å²) < 4.78 is 0.877. The molecule has 0 aliphatic heterocycles. The molecule has 16 heavy (non-hydrogen) atoms. The van der Waals surface area contributed by atoms with Crippen LogP contribution in [-0.4, -0.2) is 16.5 Å². The summed E-state index contributed by atoms with van der Waals surface area (Å²) in [6, 6.07) is 1.96. The summed E-state index contributed by atoms with van der Waals surface area (Å²) >= 11 is 3.43. The molecule has 0 bridgehead atoms. The Morgan fingerprint density at radius 1 is 1.44 bits per heavy atom. The van der Waals surface area contributed by atoms with Gasteiger partial charge in [-0.2, -0.15) is 0 Å². The van der Waals surface area contributed by atoms with E-state index in [1.807, 2.05) is 6.07 Å². The third-order valence-electron chi connectivity index (χ3n) is 3.01. The van der Waals surface area contributed by atoms with Gasteiger partial charge in [-0.25, -0.2) is 9.97 Å². The quantitative estimate of drug-likeness (QED) is 0.842. The van der Waals surface area contributed by atoms with Crippen LogP contribution in [0, 0.1) is 5.92 Å². The summed E-state index contributed by atoms with van der Waals surface area (Å²) in [4.78, 5) is 8.85. The maximum atomic E-state index is 4.50. The van der Waals surface area contributed by atoms with Gasteiger partial charge in [-0.3, -0.25) is 0 Å². The lowest BCUT2D eigenvalue weighted by atomic mass is 9.85. The highest BCUT2D eigenvalue weighted by Gasteiger charge is 2.17. The van der Waals surface area contributed by atoms with Gasteiger partial charge in [-0.15, -0.1) is 0 Å². The molecule has 0 radical (unpaired) electrons. The minimum absolute atomic E-state index is 0.850. The van der Waals surface area contributed by atoms with Crippen molar-refractivity contribution >= 4 is 21.7 Å². The van der Waals surface area contributed by atoms with Crippen molar-refractivity contribution in [2.24, 2.45) is 5.92 Å². The highest BCUT2D eigenvalue weighted by atomic mass is 79.9. The van der Waals surface area contributed by atoms with Crippen LogP contribution in [0.3, 0.4) is 0 Å². The molecule has 0 spiro atoms. The van der Waals surface area contributed by atoms with Crippen molar-refractivity contribution in [3.05, 3.63) is 16.5 Å². The highest BCUT2D eigenvalue weighted by Crippen LogP contribution is 2.26. The van der Waals surface area contributed by atoms with Crippen LogP contribution in [0.2, 0.25) is 0 Å². The van der Waals surface area contributed by atoms with Gasteiger partial charge in [0.25, 0.3) is 0 Å². The summed E-state index contributed by atoms with van der Waals surface area (Å²) in [5, 5.41) is 3.41. The van der Waals surface area contributed by atoms with E-state index in [2.05, 4.69) is 38.1 Å². The first-order valence-electron chi connectivity index (χ1n) is 6.05. The topological polar surface area (TPSA) is 37.8 Å². The fourth-order valence-corrected chi connectivity index (χ4v) is 2.26. The van der Waals surface area contributed by atoms with Gasteiger partial charge in [-0.05, 0) is 41.1 Å². The molecule has 88 valence electrons. The van der Waals surface area contributed by atoms with E-state index >= 15 is 0 Å². The van der Waals surface area contributed by atoms with Gasteiger partial charge in [0.15, 0.2) is 0 Å². The number of aryl methyl sites for hydroxylation is 1. The number of nitrogens with zero attached hydrogens (tertiary/aromatic N) is 2. The van der Waals surface area contributed by atoms with E-state index < -0.39 is 0 Å². The monoisotopic (exact) mass is 283 g/mol. The lowest BCUT2D eigenvalue weighted by Gasteiger charge is -2.25. The molecule has 0 aromatic carbocycles. The molecule has 1 heterocycles. The van der Waals surface area contributed by atoms with E-state index in [0.717, 1.165) is 41.5 Å². The van der Waals surface area contributed by atoms with E-state index in [9.17, 15) is 0 Å². The Hall–Kier alpha value is -0.640. The van der Waals surface area contributed by atoms with Crippen LogP contribution in [0.5, 0.6) is 0 Å². The molecule has 1 aliphatic carbocycles. The minimum Gasteiger partial charge on any atom is -0.370 e. The fourth-order valence-electron chi connectivity index (χ4n) is 1.84. The van der Waals surface area contributed by atoms with Gasteiger partial charge in [0.2, 0.25) is 0 Å². The highest BCUT2D eigenvalue weighted by molar-refractivity contribution is 9.10. The zero-order valence-corrected chi connectivity index (χ0v) is 11.3. The summed E-state index contributed by atoms with van der Waals surface area (Å²) in [5.41, 5.74) is 0. The number of hydrogen-bond acceptors (Lipinski definition) is 3. The molecule has 0 unspecified atom stereocenters. The van der Waals surface area contributed by atoms with Crippen molar-refractivity contribution in [1.82, 2.24) is 9.97 Å². The van der Waals surface area contributed by atoms with Gasteiger partial charge >= 0.3 is 0 Å². The summed E-state index contributed by atoms with van der Waals surface area (Å²) in [5.74, 6) is 2.73. The van der Waals surface area contributed by atoms with Crippen molar-refractivity contribution in [3.8, 4) is 0 Å². The van der Waals surface area contributed by atoms with Crippen LogP contribution in [-0.2, 0) is 6.42 Å². The Labute approximate surface area is 105 Å². The van der Waals surface area contributed by atoms with Crippen LogP contribution in [0.25, 0.3) is 0 Å². The summed E-state index contributed by atoms with van der Waals surface area (Å²) in [6.07, 6.45) is 6.14. The maximum absolute atomic E-state index is 4.50. The third kappa shape index (κ3) is 3.17. The normalized spacial score (nSPS) is 15.9. The van der Waals surface area contributed by atoms with E-state index in [1.54, 1.807) is 0 Å². The Balaban J connectivity index is 1.95. The van der Waals surface area contributed by atoms with Gasteiger partial charge in [-0.1, -0.05) is 13.3 Å². The van der Waals surface area contributed by atoms with Crippen molar-refractivity contribution in [3.63, 3.8) is 0 Å². The Morgan fingerprint density at radius 2 is 2.25 bits per heavy atom. The summed E-state index contributed by atoms with van der Waals surface area (Å²) in [7, 11) is 0. The fraction of sp³-hybridized carbons (Fsp3) is 0.667.